The SMILES string of the molecule is CCn1c(SCC(=O)N2CCCC2)nc2ccsc2c1=O. The van der Waals surface area contributed by atoms with Gasteiger partial charge in [-0.05, 0) is 31.2 Å². The van der Waals surface area contributed by atoms with Crippen LogP contribution < -0.4 is 5.56 Å². The number of carbonyl (C=O) groups excluding carboxylic acids is 1. The van der Waals surface area contributed by atoms with Crippen molar-refractivity contribution in [2.75, 3.05) is 18.8 Å². The van der Waals surface area contributed by atoms with Crippen molar-refractivity contribution in [1.82, 2.24) is 14.5 Å². The van der Waals surface area contributed by atoms with E-state index in [4.69, 9.17) is 0 Å². The molecule has 0 bridgehead atoms. The van der Waals surface area contributed by atoms with Gasteiger partial charge in [0.2, 0.25) is 5.91 Å². The maximum atomic E-state index is 12.4. The van der Waals surface area contributed by atoms with E-state index in [1.807, 2.05) is 23.3 Å². The molecule has 1 aliphatic heterocycles. The quantitative estimate of drug-likeness (QED) is 0.639. The molecule has 0 atom stereocenters. The zero-order valence-corrected chi connectivity index (χ0v) is 13.5. The Morgan fingerprint density at radius 2 is 2.19 bits per heavy atom. The van der Waals surface area contributed by atoms with Gasteiger partial charge in [0.1, 0.15) is 4.70 Å². The summed E-state index contributed by atoms with van der Waals surface area (Å²) in [6.07, 6.45) is 2.18. The van der Waals surface area contributed by atoms with Gasteiger partial charge in [-0.15, -0.1) is 11.3 Å². The zero-order valence-electron chi connectivity index (χ0n) is 11.9. The fourth-order valence-corrected chi connectivity index (χ4v) is 4.24. The highest BCUT2D eigenvalue weighted by molar-refractivity contribution is 7.99. The van der Waals surface area contributed by atoms with Crippen LogP contribution in [-0.2, 0) is 11.3 Å². The van der Waals surface area contributed by atoms with Crippen LogP contribution in [0.25, 0.3) is 10.2 Å². The molecule has 0 N–H and O–H groups in total. The van der Waals surface area contributed by atoms with Gasteiger partial charge < -0.3 is 4.90 Å². The normalized spacial score (nSPS) is 15.0. The molecule has 1 saturated heterocycles. The van der Waals surface area contributed by atoms with E-state index in [0.717, 1.165) is 31.4 Å². The van der Waals surface area contributed by atoms with Crippen molar-refractivity contribution in [2.45, 2.75) is 31.5 Å². The molecular formula is C14H17N3O2S2. The molecule has 21 heavy (non-hydrogen) atoms. The van der Waals surface area contributed by atoms with Crippen LogP contribution in [0.4, 0.5) is 0 Å². The number of thiophene rings is 1. The van der Waals surface area contributed by atoms with Gasteiger partial charge in [0, 0.05) is 19.6 Å². The lowest BCUT2D eigenvalue weighted by Gasteiger charge is -2.15. The van der Waals surface area contributed by atoms with Crippen molar-refractivity contribution >= 4 is 39.2 Å². The number of rotatable bonds is 4. The molecule has 112 valence electrons. The van der Waals surface area contributed by atoms with Gasteiger partial charge in [0.15, 0.2) is 5.16 Å². The average molecular weight is 323 g/mol. The largest absolute Gasteiger partial charge is 0.342 e. The summed E-state index contributed by atoms with van der Waals surface area (Å²) in [5.74, 6) is 0.488. The van der Waals surface area contributed by atoms with Gasteiger partial charge >= 0.3 is 0 Å². The Morgan fingerprint density at radius 1 is 1.43 bits per heavy atom. The van der Waals surface area contributed by atoms with E-state index in [1.165, 1.54) is 23.1 Å². The summed E-state index contributed by atoms with van der Waals surface area (Å²) in [5.41, 5.74) is 0.722. The van der Waals surface area contributed by atoms with E-state index < -0.39 is 0 Å². The van der Waals surface area contributed by atoms with Crippen molar-refractivity contribution in [2.24, 2.45) is 0 Å². The molecular weight excluding hydrogens is 306 g/mol. The third kappa shape index (κ3) is 2.85. The Morgan fingerprint density at radius 3 is 2.90 bits per heavy atom. The van der Waals surface area contributed by atoms with Crippen LogP contribution >= 0.6 is 23.1 Å². The summed E-state index contributed by atoms with van der Waals surface area (Å²) in [7, 11) is 0. The van der Waals surface area contributed by atoms with Crippen LogP contribution in [-0.4, -0.2) is 39.2 Å². The number of hydrogen-bond donors (Lipinski definition) is 0. The molecule has 0 aliphatic carbocycles. The Balaban J connectivity index is 1.82. The number of carbonyl (C=O) groups is 1. The van der Waals surface area contributed by atoms with Gasteiger partial charge in [0.05, 0.1) is 11.3 Å². The monoisotopic (exact) mass is 323 g/mol. The minimum absolute atomic E-state index is 0.00591. The third-order valence-corrected chi connectivity index (χ3v) is 5.48. The predicted octanol–water partition coefficient (Wildman–Crippen LogP) is 2.19. The lowest BCUT2D eigenvalue weighted by atomic mass is 10.4. The first kappa shape index (κ1) is 14.6. The molecule has 5 nitrogen and oxygen atoms in total. The maximum absolute atomic E-state index is 12.4. The first-order valence-corrected chi connectivity index (χ1v) is 8.96. The molecule has 1 aliphatic rings. The summed E-state index contributed by atoms with van der Waals surface area (Å²) in [6, 6.07) is 1.85. The van der Waals surface area contributed by atoms with Gasteiger partial charge in [-0.3, -0.25) is 14.2 Å². The number of amides is 1. The number of nitrogens with zero attached hydrogens (tertiary/aromatic N) is 3. The number of thioether (sulfide) groups is 1. The Hall–Kier alpha value is -1.34. The van der Waals surface area contributed by atoms with E-state index >= 15 is 0 Å². The molecule has 7 heteroatoms. The number of fused-ring (bicyclic) bond motifs is 1. The minimum atomic E-state index is -0.00591. The first-order chi connectivity index (χ1) is 10.2. The van der Waals surface area contributed by atoms with Crippen LogP contribution in [0.15, 0.2) is 21.4 Å². The molecule has 1 fully saturated rings. The maximum Gasteiger partial charge on any atom is 0.272 e. The second kappa shape index (κ2) is 6.19. The lowest BCUT2D eigenvalue weighted by molar-refractivity contribution is -0.127. The molecule has 3 rings (SSSR count). The zero-order chi connectivity index (χ0) is 14.8. The van der Waals surface area contributed by atoms with Crippen molar-refractivity contribution in [3.63, 3.8) is 0 Å². The van der Waals surface area contributed by atoms with Gasteiger partial charge in [-0.1, -0.05) is 11.8 Å². The third-order valence-electron chi connectivity index (χ3n) is 3.63. The molecule has 0 unspecified atom stereocenters. The molecule has 2 aromatic rings. The lowest BCUT2D eigenvalue weighted by Crippen LogP contribution is -2.29. The fraction of sp³-hybridized carbons (Fsp3) is 0.500. The number of likely N-dealkylation sites (tertiary alicyclic amines) is 1. The molecule has 1 amide bonds. The minimum Gasteiger partial charge on any atom is -0.342 e. The molecule has 2 aromatic heterocycles. The summed E-state index contributed by atoms with van der Waals surface area (Å²) in [4.78, 5) is 30.9. The van der Waals surface area contributed by atoms with Crippen molar-refractivity contribution in [3.05, 3.63) is 21.8 Å². The van der Waals surface area contributed by atoms with Crippen molar-refractivity contribution in [3.8, 4) is 0 Å². The van der Waals surface area contributed by atoms with Crippen molar-refractivity contribution < 1.29 is 4.79 Å². The second-order valence-electron chi connectivity index (χ2n) is 4.96. The van der Waals surface area contributed by atoms with E-state index in [1.54, 1.807) is 4.57 Å². The highest BCUT2D eigenvalue weighted by atomic mass is 32.2. The summed E-state index contributed by atoms with van der Waals surface area (Å²) in [6.45, 7) is 4.21. The topological polar surface area (TPSA) is 55.2 Å². The smallest absolute Gasteiger partial charge is 0.272 e. The highest BCUT2D eigenvalue weighted by Gasteiger charge is 2.19. The van der Waals surface area contributed by atoms with E-state index in [0.29, 0.717) is 22.2 Å². The second-order valence-corrected chi connectivity index (χ2v) is 6.81. The van der Waals surface area contributed by atoms with Gasteiger partial charge in [-0.2, -0.15) is 0 Å². The average Bonchev–Trinajstić information content (AvgIpc) is 3.15. The molecule has 0 spiro atoms. The highest BCUT2D eigenvalue weighted by Crippen LogP contribution is 2.21. The van der Waals surface area contributed by atoms with Gasteiger partial charge in [0.25, 0.3) is 5.56 Å². The summed E-state index contributed by atoms with van der Waals surface area (Å²) < 4.78 is 2.34. The van der Waals surface area contributed by atoms with E-state index in [9.17, 15) is 9.59 Å². The standard InChI is InChI=1S/C14H17N3O2S2/c1-2-17-13(19)12-10(5-8-20-12)15-14(17)21-9-11(18)16-6-3-4-7-16/h5,8H,2-4,6-7,9H2,1H3. The molecule has 0 saturated carbocycles. The fourth-order valence-electron chi connectivity index (χ4n) is 2.50. The van der Waals surface area contributed by atoms with Crippen LogP contribution in [0, 0.1) is 0 Å². The van der Waals surface area contributed by atoms with Crippen LogP contribution in [0.1, 0.15) is 19.8 Å². The van der Waals surface area contributed by atoms with E-state index in [-0.39, 0.29) is 11.5 Å². The Bertz CT molecular complexity index is 717. The Labute approximate surface area is 131 Å². The number of hydrogen-bond acceptors (Lipinski definition) is 5. The Kier molecular flexibility index (Phi) is 4.30. The van der Waals surface area contributed by atoms with Crippen LogP contribution in [0.2, 0.25) is 0 Å². The molecule has 0 radical (unpaired) electrons. The number of aromatic nitrogens is 2. The summed E-state index contributed by atoms with van der Waals surface area (Å²) in [5, 5.41) is 2.52. The van der Waals surface area contributed by atoms with Crippen LogP contribution in [0.3, 0.4) is 0 Å². The molecule has 3 heterocycles. The molecule has 0 aromatic carbocycles. The predicted molar refractivity (Wildman–Crippen MR) is 86.1 cm³/mol. The first-order valence-electron chi connectivity index (χ1n) is 7.09. The van der Waals surface area contributed by atoms with Crippen LogP contribution in [0.5, 0.6) is 0 Å². The van der Waals surface area contributed by atoms with E-state index in [2.05, 4.69) is 4.98 Å². The van der Waals surface area contributed by atoms with Crippen molar-refractivity contribution in [1.29, 1.82) is 0 Å². The van der Waals surface area contributed by atoms with Gasteiger partial charge in [-0.25, -0.2) is 4.98 Å². The summed E-state index contributed by atoms with van der Waals surface area (Å²) >= 11 is 2.78.